The van der Waals surface area contributed by atoms with Crippen molar-refractivity contribution in [1.82, 2.24) is 0 Å². The molecular weight excluding hydrogens is 336 g/mol. The highest BCUT2D eigenvalue weighted by Gasteiger charge is 2.26. The minimum atomic E-state index is -1.97. The van der Waals surface area contributed by atoms with E-state index in [-0.39, 0.29) is 5.56 Å². The monoisotopic (exact) mass is 362 g/mol. The first kappa shape index (κ1) is 18.5. The van der Waals surface area contributed by atoms with Gasteiger partial charge in [-0.15, -0.1) is 0 Å². The molecule has 0 spiro atoms. The maximum atomic E-state index is 11.8. The summed E-state index contributed by atoms with van der Waals surface area (Å²) in [6.45, 7) is 14.4. The summed E-state index contributed by atoms with van der Waals surface area (Å²) in [5.41, 5.74) is 1.27. The number of rotatable bonds is 5. The zero-order valence-corrected chi connectivity index (χ0v) is 17.5. The molecule has 0 aromatic heterocycles. The zero-order valence-electron chi connectivity index (χ0n) is 15.5. The summed E-state index contributed by atoms with van der Waals surface area (Å²) in [5.74, 6) is 0.0962. The Morgan fingerprint density at radius 1 is 0.917 bits per heavy atom. The molecule has 130 valence electrons. The van der Waals surface area contributed by atoms with E-state index in [0.29, 0.717) is 11.5 Å². The van der Waals surface area contributed by atoms with Gasteiger partial charge in [-0.1, -0.05) is 17.7 Å². The van der Waals surface area contributed by atoms with Gasteiger partial charge in [0.15, 0.2) is 0 Å². The number of aromatic carboxylic acids is 1. The lowest BCUT2D eigenvalue weighted by Crippen LogP contribution is -2.31. The Kier molecular flexibility index (Phi) is 4.83. The van der Waals surface area contributed by atoms with Crippen molar-refractivity contribution >= 4 is 33.4 Å². The highest BCUT2D eigenvalue weighted by molar-refractivity contribution is 6.71. The number of aryl methyl sites for hydroxylation is 1. The van der Waals surface area contributed by atoms with Crippen LogP contribution in [0.5, 0.6) is 11.5 Å². The molecule has 0 aliphatic heterocycles. The van der Waals surface area contributed by atoms with E-state index in [4.69, 9.17) is 8.85 Å². The predicted octanol–water partition coefficient (Wildman–Crippen LogP) is 5.27. The molecule has 0 saturated heterocycles. The normalized spacial score (nSPS) is 12.3. The van der Waals surface area contributed by atoms with Gasteiger partial charge in [-0.25, -0.2) is 4.79 Å². The second kappa shape index (κ2) is 6.25. The summed E-state index contributed by atoms with van der Waals surface area (Å²) in [5, 5.41) is 11.4. The molecule has 0 fully saturated rings. The minimum absolute atomic E-state index is 0.169. The molecule has 0 aliphatic rings. The van der Waals surface area contributed by atoms with E-state index in [1.54, 1.807) is 6.07 Å². The average molecular weight is 363 g/mol. The third-order valence-electron chi connectivity index (χ3n) is 3.26. The minimum Gasteiger partial charge on any atom is -0.544 e. The Morgan fingerprint density at radius 3 is 2.00 bits per heavy atom. The first-order valence-electron chi connectivity index (χ1n) is 8.06. The summed E-state index contributed by atoms with van der Waals surface area (Å²) in [7, 11) is -3.85. The smallest absolute Gasteiger partial charge is 0.339 e. The molecule has 2 aromatic rings. The van der Waals surface area contributed by atoms with Gasteiger partial charge in [0.05, 0.1) is 0 Å². The van der Waals surface area contributed by atoms with Crippen molar-refractivity contribution in [2.24, 2.45) is 0 Å². The zero-order chi connectivity index (χ0) is 18.3. The van der Waals surface area contributed by atoms with Gasteiger partial charge >= 0.3 is 5.97 Å². The average Bonchev–Trinajstić information content (AvgIpc) is 2.37. The Balaban J connectivity index is 2.83. The highest BCUT2D eigenvalue weighted by atomic mass is 28.4. The van der Waals surface area contributed by atoms with Crippen LogP contribution in [0, 0.1) is 6.92 Å². The van der Waals surface area contributed by atoms with Crippen LogP contribution in [0.1, 0.15) is 15.9 Å². The van der Waals surface area contributed by atoms with Gasteiger partial charge in [0.2, 0.25) is 16.6 Å². The number of hydrogen-bond acceptors (Lipinski definition) is 3. The molecule has 6 heteroatoms. The highest BCUT2D eigenvalue weighted by Crippen LogP contribution is 2.39. The second-order valence-electron chi connectivity index (χ2n) is 8.03. The molecule has 0 atom stereocenters. The topological polar surface area (TPSA) is 55.8 Å². The SMILES string of the molecule is Cc1ccc2c(O[Si](C)(C)C)c(C(=O)O)cc(O[Si](C)(C)C)c2c1. The van der Waals surface area contributed by atoms with Crippen molar-refractivity contribution in [2.45, 2.75) is 46.2 Å². The fourth-order valence-corrected chi connectivity index (χ4v) is 4.13. The molecule has 0 unspecified atom stereocenters. The fourth-order valence-electron chi connectivity index (χ4n) is 2.47. The van der Waals surface area contributed by atoms with Crippen molar-refractivity contribution in [2.75, 3.05) is 0 Å². The predicted molar refractivity (Wildman–Crippen MR) is 104 cm³/mol. The van der Waals surface area contributed by atoms with Gasteiger partial charge in [0.25, 0.3) is 0 Å². The van der Waals surface area contributed by atoms with Gasteiger partial charge < -0.3 is 14.0 Å². The quantitative estimate of drug-likeness (QED) is 0.736. The van der Waals surface area contributed by atoms with Gasteiger partial charge in [0, 0.05) is 10.8 Å². The summed E-state index contributed by atoms with van der Waals surface area (Å²) in [4.78, 5) is 11.8. The molecule has 0 aliphatic carbocycles. The molecule has 2 rings (SSSR count). The van der Waals surface area contributed by atoms with E-state index in [1.165, 1.54) is 0 Å². The number of carboxylic acid groups (broad SMARTS) is 1. The summed E-state index contributed by atoms with van der Waals surface area (Å²) in [6.07, 6.45) is 0. The summed E-state index contributed by atoms with van der Waals surface area (Å²) in [6, 6.07) is 7.57. The number of carbonyl (C=O) groups is 1. The maximum absolute atomic E-state index is 11.8. The molecule has 0 bridgehead atoms. The molecule has 1 N–H and O–H groups in total. The third-order valence-corrected chi connectivity index (χ3v) is 4.91. The van der Waals surface area contributed by atoms with Crippen LogP contribution in [0.25, 0.3) is 10.8 Å². The Bertz CT molecular complexity index is 786. The van der Waals surface area contributed by atoms with Crippen molar-refractivity contribution < 1.29 is 18.8 Å². The molecule has 2 aromatic carbocycles. The molecule has 0 saturated carbocycles. The van der Waals surface area contributed by atoms with Crippen LogP contribution in [-0.4, -0.2) is 27.7 Å². The second-order valence-corrected chi connectivity index (χ2v) is 16.9. The van der Waals surface area contributed by atoms with Crippen molar-refractivity contribution in [3.8, 4) is 11.5 Å². The van der Waals surface area contributed by atoms with Crippen LogP contribution in [-0.2, 0) is 0 Å². The van der Waals surface area contributed by atoms with Crippen LogP contribution in [0.3, 0.4) is 0 Å². The largest absolute Gasteiger partial charge is 0.544 e. The summed E-state index contributed by atoms with van der Waals surface area (Å²) >= 11 is 0. The number of fused-ring (bicyclic) bond motifs is 1. The van der Waals surface area contributed by atoms with Crippen LogP contribution in [0.2, 0.25) is 39.3 Å². The first-order chi connectivity index (χ1) is 10.9. The third kappa shape index (κ3) is 4.39. The number of benzene rings is 2. The van der Waals surface area contributed by atoms with Crippen molar-refractivity contribution in [3.63, 3.8) is 0 Å². The fraction of sp³-hybridized carbons (Fsp3) is 0.389. The lowest BCUT2D eigenvalue weighted by atomic mass is 10.0. The van der Waals surface area contributed by atoms with Crippen LogP contribution in [0.4, 0.5) is 0 Å². The molecule has 0 radical (unpaired) electrons. The van der Waals surface area contributed by atoms with E-state index in [0.717, 1.165) is 16.3 Å². The van der Waals surface area contributed by atoms with E-state index in [1.807, 2.05) is 44.8 Å². The van der Waals surface area contributed by atoms with Crippen LogP contribution in [0.15, 0.2) is 24.3 Å². The Labute approximate surface area is 145 Å². The lowest BCUT2D eigenvalue weighted by molar-refractivity contribution is 0.0694. The maximum Gasteiger partial charge on any atom is 0.339 e. The Hall–Kier alpha value is -1.80. The van der Waals surface area contributed by atoms with Gasteiger partial charge in [-0.2, -0.15) is 0 Å². The Morgan fingerprint density at radius 2 is 1.50 bits per heavy atom. The lowest BCUT2D eigenvalue weighted by Gasteiger charge is -2.26. The molecule has 24 heavy (non-hydrogen) atoms. The van der Waals surface area contributed by atoms with Crippen LogP contribution >= 0.6 is 0 Å². The molecule has 0 amide bonds. The molecule has 0 heterocycles. The van der Waals surface area contributed by atoms with Gasteiger partial charge in [-0.3, -0.25) is 0 Å². The van der Waals surface area contributed by atoms with E-state index < -0.39 is 22.6 Å². The van der Waals surface area contributed by atoms with E-state index >= 15 is 0 Å². The van der Waals surface area contributed by atoms with Crippen molar-refractivity contribution in [1.29, 1.82) is 0 Å². The first-order valence-corrected chi connectivity index (χ1v) is 14.9. The molecular formula is C18H26O4Si2. The van der Waals surface area contributed by atoms with E-state index in [9.17, 15) is 9.90 Å². The number of hydrogen-bond donors (Lipinski definition) is 1. The summed E-state index contributed by atoms with van der Waals surface area (Å²) < 4.78 is 12.3. The van der Waals surface area contributed by atoms with Crippen LogP contribution < -0.4 is 8.85 Å². The van der Waals surface area contributed by atoms with Gasteiger partial charge in [-0.05, 0) is 58.3 Å². The number of carboxylic acids is 1. The molecule has 4 nitrogen and oxygen atoms in total. The van der Waals surface area contributed by atoms with E-state index in [2.05, 4.69) is 19.6 Å². The van der Waals surface area contributed by atoms with Crippen molar-refractivity contribution in [3.05, 3.63) is 35.4 Å². The van der Waals surface area contributed by atoms with Gasteiger partial charge in [0.1, 0.15) is 17.1 Å². The standard InChI is InChI=1S/C18H26O4Si2/c1-12-8-9-13-14(10-12)16(21-23(2,3)4)11-15(18(19)20)17(13)22-24(5,6)7/h8-11H,1-7H3,(H,19,20).